The van der Waals surface area contributed by atoms with Crippen LogP contribution in [-0.4, -0.2) is 29.9 Å². The Labute approximate surface area is 193 Å². The maximum atomic E-state index is 11.1. The van der Waals surface area contributed by atoms with Crippen molar-refractivity contribution in [3.8, 4) is 5.75 Å². The zero-order chi connectivity index (χ0) is 23.9. The van der Waals surface area contributed by atoms with Crippen molar-refractivity contribution < 1.29 is 9.84 Å². The molecule has 1 aliphatic rings. The van der Waals surface area contributed by atoms with Crippen molar-refractivity contribution in [3.63, 3.8) is 0 Å². The van der Waals surface area contributed by atoms with Crippen molar-refractivity contribution in [2.24, 2.45) is 15.4 Å². The third-order valence-corrected chi connectivity index (χ3v) is 5.94. The molecule has 2 aromatic carbocycles. The molecule has 0 fully saturated rings. The van der Waals surface area contributed by atoms with Crippen molar-refractivity contribution in [1.29, 1.82) is 0 Å². The Bertz CT molecular complexity index is 1040. The van der Waals surface area contributed by atoms with Crippen LogP contribution < -0.4 is 0 Å². The smallest absolute Gasteiger partial charge is 0.218 e. The third kappa shape index (κ3) is 5.23. The molecule has 0 unspecified atom stereocenters. The number of rotatable bonds is 3. The average Bonchev–Trinajstić information content (AvgIpc) is 3.16. The van der Waals surface area contributed by atoms with Crippen LogP contribution in [0.5, 0.6) is 5.75 Å². The zero-order valence-corrected chi connectivity index (χ0v) is 21.1. The van der Waals surface area contributed by atoms with Crippen LogP contribution in [0.3, 0.4) is 0 Å². The average molecular weight is 435 g/mol. The fraction of sp³-hybridized carbons (Fsp3) is 0.500. The minimum absolute atomic E-state index is 0.0391. The van der Waals surface area contributed by atoms with Gasteiger partial charge in [-0.1, -0.05) is 80.5 Å². The summed E-state index contributed by atoms with van der Waals surface area (Å²) in [6.07, 6.45) is 1.76. The van der Waals surface area contributed by atoms with Gasteiger partial charge in [-0.2, -0.15) is 0 Å². The molecule has 1 N–H and O–H groups in total. The summed E-state index contributed by atoms with van der Waals surface area (Å²) in [5.41, 5.74) is 4.30. The van der Waals surface area contributed by atoms with Gasteiger partial charge >= 0.3 is 0 Å². The first-order valence-corrected chi connectivity index (χ1v) is 11.4. The lowest BCUT2D eigenvalue weighted by molar-refractivity contribution is 0.236. The number of phenolic OH excluding ortho intramolecular Hbond substituents is 1. The van der Waals surface area contributed by atoms with Crippen molar-refractivity contribution in [2.45, 2.75) is 79.2 Å². The molecule has 172 valence electrons. The van der Waals surface area contributed by atoms with Gasteiger partial charge in [0.1, 0.15) is 12.4 Å². The van der Waals surface area contributed by atoms with E-state index in [2.05, 4.69) is 68.4 Å². The molecule has 0 aromatic heterocycles. The number of phenols is 1. The number of ether oxygens (including phenoxy) is 1. The van der Waals surface area contributed by atoms with E-state index >= 15 is 0 Å². The van der Waals surface area contributed by atoms with Gasteiger partial charge in [0.2, 0.25) is 5.90 Å². The minimum Gasteiger partial charge on any atom is -0.507 e. The van der Waals surface area contributed by atoms with Crippen molar-refractivity contribution >= 4 is 17.8 Å². The number of nitrogens with zero attached hydrogens (tertiary/aromatic N) is 2. The predicted octanol–water partition coefficient (Wildman–Crippen LogP) is 6.93. The van der Waals surface area contributed by atoms with Gasteiger partial charge in [-0.3, -0.25) is 4.99 Å². The van der Waals surface area contributed by atoms with Gasteiger partial charge in [0.25, 0.3) is 0 Å². The van der Waals surface area contributed by atoms with E-state index in [0.29, 0.717) is 12.5 Å². The lowest BCUT2D eigenvalue weighted by Crippen LogP contribution is -2.25. The van der Waals surface area contributed by atoms with E-state index in [9.17, 15) is 5.11 Å². The van der Waals surface area contributed by atoms with E-state index in [-0.39, 0.29) is 28.0 Å². The normalized spacial score (nSPS) is 17.5. The van der Waals surface area contributed by atoms with Crippen LogP contribution >= 0.6 is 0 Å². The van der Waals surface area contributed by atoms with Gasteiger partial charge in [-0.05, 0) is 40.0 Å². The minimum atomic E-state index is -0.180. The van der Waals surface area contributed by atoms with Crippen molar-refractivity contribution in [1.82, 2.24) is 0 Å². The van der Waals surface area contributed by atoms with Crippen LogP contribution in [-0.2, 0) is 15.6 Å². The Kier molecular flexibility index (Phi) is 6.29. The Morgan fingerprint density at radius 3 is 2.19 bits per heavy atom. The number of aromatic hydroxyl groups is 1. The summed E-state index contributed by atoms with van der Waals surface area (Å²) in [6.45, 7) is 20.0. The highest BCUT2D eigenvalue weighted by atomic mass is 16.5. The van der Waals surface area contributed by atoms with Crippen LogP contribution in [0.1, 0.15) is 84.6 Å². The summed E-state index contributed by atoms with van der Waals surface area (Å²) in [5.74, 6) is 0.926. The first-order valence-electron chi connectivity index (χ1n) is 11.4. The SMILES string of the molecule is CC(C)(C)c1cc(C=Nc2ccccc2C2=N[C@@H](C(C)(C)C)CO2)c(O)c(C(C)(C)C)c1. The van der Waals surface area contributed by atoms with E-state index in [1.54, 1.807) is 6.21 Å². The molecule has 0 aliphatic carbocycles. The van der Waals surface area contributed by atoms with E-state index in [1.165, 1.54) is 5.56 Å². The molecule has 4 nitrogen and oxygen atoms in total. The number of hydrogen-bond acceptors (Lipinski definition) is 4. The molecular formula is C28H38N2O2. The fourth-order valence-corrected chi connectivity index (χ4v) is 3.63. The fourth-order valence-electron chi connectivity index (χ4n) is 3.63. The van der Waals surface area contributed by atoms with E-state index in [0.717, 1.165) is 22.4 Å². The summed E-state index contributed by atoms with van der Waals surface area (Å²) in [4.78, 5) is 9.60. The first kappa shape index (κ1) is 24.0. The standard InChI is InChI=1S/C28H38N2O2/c1-26(2,3)19-14-18(24(31)21(15-19)27(4,5)6)16-29-22-13-11-10-12-20(22)25-30-23(17-32-25)28(7,8)9/h10-16,23,31H,17H2,1-9H3/t23-/m1/s1. The topological polar surface area (TPSA) is 54.2 Å². The second kappa shape index (κ2) is 8.38. The lowest BCUT2D eigenvalue weighted by atomic mass is 9.79. The lowest BCUT2D eigenvalue weighted by Gasteiger charge is -2.27. The Morgan fingerprint density at radius 2 is 1.62 bits per heavy atom. The molecule has 2 aromatic rings. The second-order valence-corrected chi connectivity index (χ2v) is 11.9. The number of benzene rings is 2. The molecule has 0 amide bonds. The molecule has 0 spiro atoms. The van der Waals surface area contributed by atoms with Gasteiger partial charge in [-0.15, -0.1) is 0 Å². The van der Waals surface area contributed by atoms with Crippen molar-refractivity contribution in [2.75, 3.05) is 6.61 Å². The van der Waals surface area contributed by atoms with Gasteiger partial charge < -0.3 is 9.84 Å². The molecule has 1 atom stereocenters. The number of para-hydroxylation sites is 1. The summed E-state index contributed by atoms with van der Waals surface area (Å²) in [5, 5.41) is 11.1. The van der Waals surface area contributed by atoms with Crippen LogP contribution in [0.25, 0.3) is 0 Å². The van der Waals surface area contributed by atoms with Gasteiger partial charge in [0.05, 0.1) is 17.3 Å². The zero-order valence-electron chi connectivity index (χ0n) is 21.1. The maximum Gasteiger partial charge on any atom is 0.218 e. The Morgan fingerprint density at radius 1 is 0.969 bits per heavy atom. The Hall–Kier alpha value is -2.62. The van der Waals surface area contributed by atoms with E-state index in [1.807, 2.05) is 30.3 Å². The quantitative estimate of drug-likeness (QED) is 0.533. The van der Waals surface area contributed by atoms with Crippen LogP contribution in [0.2, 0.25) is 0 Å². The molecular weight excluding hydrogens is 396 g/mol. The number of hydrogen-bond donors (Lipinski definition) is 1. The highest BCUT2D eigenvalue weighted by Gasteiger charge is 2.31. The van der Waals surface area contributed by atoms with Gasteiger partial charge in [0, 0.05) is 17.3 Å². The summed E-state index contributed by atoms with van der Waals surface area (Å²) < 4.78 is 5.95. The van der Waals surface area contributed by atoms with Crippen molar-refractivity contribution in [3.05, 3.63) is 58.7 Å². The van der Waals surface area contributed by atoms with Gasteiger partial charge in [-0.25, -0.2) is 4.99 Å². The predicted molar refractivity (Wildman–Crippen MR) is 135 cm³/mol. The van der Waals surface area contributed by atoms with Crippen LogP contribution in [0, 0.1) is 5.41 Å². The molecule has 0 saturated heterocycles. The summed E-state index contributed by atoms with van der Waals surface area (Å²) >= 11 is 0. The van der Waals surface area contributed by atoms with E-state index < -0.39 is 0 Å². The van der Waals surface area contributed by atoms with Gasteiger partial charge in [0.15, 0.2) is 0 Å². The first-order chi connectivity index (χ1) is 14.7. The van der Waals surface area contributed by atoms with Crippen LogP contribution in [0.15, 0.2) is 46.4 Å². The second-order valence-electron chi connectivity index (χ2n) is 11.9. The molecule has 0 radical (unpaired) electrons. The number of aliphatic imine (C=N–C) groups is 2. The molecule has 0 bridgehead atoms. The molecule has 32 heavy (non-hydrogen) atoms. The molecule has 1 aliphatic heterocycles. The molecule has 3 rings (SSSR count). The molecule has 1 heterocycles. The highest BCUT2D eigenvalue weighted by molar-refractivity contribution is 6.01. The summed E-state index contributed by atoms with van der Waals surface area (Å²) in [6, 6.07) is 12.2. The molecule has 4 heteroatoms. The Balaban J connectivity index is 2.05. The van der Waals surface area contributed by atoms with Crippen LogP contribution in [0.4, 0.5) is 5.69 Å². The molecule has 0 saturated carbocycles. The monoisotopic (exact) mass is 434 g/mol. The third-order valence-electron chi connectivity index (χ3n) is 5.94. The largest absolute Gasteiger partial charge is 0.507 e. The maximum absolute atomic E-state index is 11.1. The summed E-state index contributed by atoms with van der Waals surface area (Å²) in [7, 11) is 0. The highest BCUT2D eigenvalue weighted by Crippen LogP contribution is 2.37. The van der Waals surface area contributed by atoms with E-state index in [4.69, 9.17) is 14.7 Å².